The standard InChI is InChI=1S/C19H21N4O3S/c1-15-10-11-16(19(24)21-22-20-17-8-4-2-5-9-17)14-18(15)27(25,26)23-12-6-3-7-13-23/h2,4-5,8-11,14H,3,6-7,12-13H2,1H3/q+1. The number of carbonyl (C=O) groups excluding carboxylic acids is 1. The molecule has 1 saturated heterocycles. The van der Waals surface area contributed by atoms with Crippen LogP contribution < -0.4 is 4.91 Å². The molecule has 0 bridgehead atoms. The summed E-state index contributed by atoms with van der Waals surface area (Å²) in [5, 5.41) is 7.41. The molecule has 1 heterocycles. The third-order valence-corrected chi connectivity index (χ3v) is 6.46. The van der Waals surface area contributed by atoms with Gasteiger partial charge in [0.2, 0.25) is 20.0 Å². The molecule has 8 heteroatoms. The lowest BCUT2D eigenvalue weighted by atomic mass is 10.1. The summed E-state index contributed by atoms with van der Waals surface area (Å²) in [6.07, 6.45) is 2.74. The van der Waals surface area contributed by atoms with E-state index in [4.69, 9.17) is 0 Å². The third-order valence-electron chi connectivity index (χ3n) is 4.42. The molecule has 0 atom stereocenters. The number of benzene rings is 2. The molecule has 3 rings (SSSR count). The molecule has 0 N–H and O–H groups in total. The van der Waals surface area contributed by atoms with Crippen LogP contribution in [0.5, 0.6) is 0 Å². The van der Waals surface area contributed by atoms with Gasteiger partial charge in [-0.15, -0.1) is 0 Å². The van der Waals surface area contributed by atoms with Gasteiger partial charge in [0.15, 0.2) is 10.8 Å². The van der Waals surface area contributed by atoms with Gasteiger partial charge < -0.3 is 0 Å². The molecule has 140 valence electrons. The molecular weight excluding hydrogens is 364 g/mol. The molecule has 0 radical (unpaired) electrons. The van der Waals surface area contributed by atoms with Gasteiger partial charge >= 0.3 is 5.91 Å². The van der Waals surface area contributed by atoms with Crippen LogP contribution >= 0.6 is 0 Å². The van der Waals surface area contributed by atoms with Crippen molar-refractivity contribution in [3.05, 3.63) is 59.7 Å². The van der Waals surface area contributed by atoms with Crippen molar-refractivity contribution in [3.8, 4) is 0 Å². The lowest BCUT2D eigenvalue weighted by molar-refractivity contribution is 0.0992. The van der Waals surface area contributed by atoms with E-state index in [2.05, 4.69) is 15.1 Å². The Kier molecular flexibility index (Phi) is 5.91. The summed E-state index contributed by atoms with van der Waals surface area (Å²) in [5.74, 6) is -0.634. The molecule has 7 nitrogen and oxygen atoms in total. The summed E-state index contributed by atoms with van der Waals surface area (Å²) in [5.41, 5.74) is 1.34. The van der Waals surface area contributed by atoms with Gasteiger partial charge in [0, 0.05) is 13.1 Å². The molecule has 1 fully saturated rings. The van der Waals surface area contributed by atoms with Crippen molar-refractivity contribution in [2.75, 3.05) is 13.1 Å². The van der Waals surface area contributed by atoms with Crippen molar-refractivity contribution in [2.24, 2.45) is 10.2 Å². The fraction of sp³-hybridized carbons (Fsp3) is 0.316. The van der Waals surface area contributed by atoms with Crippen molar-refractivity contribution in [1.82, 2.24) is 9.22 Å². The highest BCUT2D eigenvalue weighted by molar-refractivity contribution is 7.89. The van der Waals surface area contributed by atoms with Gasteiger partial charge in [0.25, 0.3) is 0 Å². The van der Waals surface area contributed by atoms with Crippen molar-refractivity contribution < 1.29 is 13.2 Å². The fourth-order valence-corrected chi connectivity index (χ4v) is 4.69. The first-order valence-electron chi connectivity index (χ1n) is 8.80. The average molecular weight is 385 g/mol. The zero-order valence-electron chi connectivity index (χ0n) is 15.1. The number of rotatable bonds is 4. The first-order valence-corrected chi connectivity index (χ1v) is 10.2. The predicted octanol–water partition coefficient (Wildman–Crippen LogP) is 3.61. The summed E-state index contributed by atoms with van der Waals surface area (Å²) in [7, 11) is -3.63. The maximum atomic E-state index is 12.9. The van der Waals surface area contributed by atoms with Crippen molar-refractivity contribution in [3.63, 3.8) is 0 Å². The molecule has 1 amide bonds. The van der Waals surface area contributed by atoms with Crippen molar-refractivity contribution in [2.45, 2.75) is 31.1 Å². The Hall–Kier alpha value is -2.67. The molecule has 0 unspecified atom stereocenters. The van der Waals surface area contributed by atoms with Crippen LogP contribution in [0.3, 0.4) is 0 Å². The topological polar surface area (TPSA) is 93.3 Å². The van der Waals surface area contributed by atoms with Crippen LogP contribution in [-0.4, -0.2) is 31.7 Å². The summed E-state index contributed by atoms with van der Waals surface area (Å²) in [6, 6.07) is 13.5. The molecule has 2 aromatic carbocycles. The lowest BCUT2D eigenvalue weighted by Crippen LogP contribution is -2.36. The first-order chi connectivity index (χ1) is 13.0. The monoisotopic (exact) mass is 385 g/mol. The number of nitrogens with zero attached hydrogens (tertiary/aromatic N) is 4. The fourth-order valence-electron chi connectivity index (χ4n) is 2.92. The van der Waals surface area contributed by atoms with E-state index in [1.54, 1.807) is 43.3 Å². The van der Waals surface area contributed by atoms with Crippen LogP contribution in [0.4, 0.5) is 5.69 Å². The molecule has 0 spiro atoms. The van der Waals surface area contributed by atoms with E-state index >= 15 is 0 Å². The quantitative estimate of drug-likeness (QED) is 0.594. The maximum Gasteiger partial charge on any atom is 0.360 e. The zero-order chi connectivity index (χ0) is 19.3. The minimum atomic E-state index is -3.63. The predicted molar refractivity (Wildman–Crippen MR) is 101 cm³/mol. The normalized spacial score (nSPS) is 15.0. The Balaban J connectivity index is 1.86. The maximum absolute atomic E-state index is 12.9. The smallest absolute Gasteiger partial charge is 0.259 e. The van der Waals surface area contributed by atoms with Crippen LogP contribution in [-0.2, 0) is 10.0 Å². The number of carbonyl (C=O) groups is 1. The van der Waals surface area contributed by atoms with Crippen LogP contribution in [0.15, 0.2) is 63.7 Å². The molecule has 1 aliphatic heterocycles. The second kappa shape index (κ2) is 8.35. The zero-order valence-corrected chi connectivity index (χ0v) is 15.9. The highest BCUT2D eigenvalue weighted by Gasteiger charge is 2.28. The van der Waals surface area contributed by atoms with Crippen LogP contribution in [0, 0.1) is 6.92 Å². The number of piperidine rings is 1. The number of hydrogen-bond donors (Lipinski definition) is 0. The van der Waals surface area contributed by atoms with Gasteiger partial charge in [-0.05, 0) is 49.6 Å². The second-order valence-corrected chi connectivity index (χ2v) is 8.28. The van der Waals surface area contributed by atoms with Crippen LogP contribution in [0.1, 0.15) is 35.2 Å². The minimum Gasteiger partial charge on any atom is -0.259 e. The van der Waals surface area contributed by atoms with E-state index in [9.17, 15) is 13.2 Å². The molecule has 0 aliphatic carbocycles. The van der Waals surface area contributed by atoms with Gasteiger partial charge in [-0.1, -0.05) is 30.7 Å². The lowest BCUT2D eigenvalue weighted by Gasteiger charge is -2.26. The second-order valence-electron chi connectivity index (χ2n) is 6.38. The van der Waals surface area contributed by atoms with E-state index in [1.165, 1.54) is 10.4 Å². The summed E-state index contributed by atoms with van der Waals surface area (Å²) >= 11 is 0. The Labute approximate surface area is 158 Å². The Morgan fingerprint density at radius 3 is 2.44 bits per heavy atom. The highest BCUT2D eigenvalue weighted by Crippen LogP contribution is 2.24. The molecular formula is C19H21N4O3S+. The third kappa shape index (κ3) is 4.54. The molecule has 0 saturated carbocycles. The highest BCUT2D eigenvalue weighted by atomic mass is 32.2. The Bertz CT molecular complexity index is 991. The number of hydrogen-bond acceptors (Lipinski definition) is 4. The van der Waals surface area contributed by atoms with Gasteiger partial charge in [-0.3, -0.25) is 4.79 Å². The van der Waals surface area contributed by atoms with E-state index in [-0.39, 0.29) is 10.5 Å². The van der Waals surface area contributed by atoms with Crippen molar-refractivity contribution >= 4 is 21.6 Å². The van der Waals surface area contributed by atoms with Crippen molar-refractivity contribution in [1.29, 1.82) is 0 Å². The molecule has 27 heavy (non-hydrogen) atoms. The Morgan fingerprint density at radius 1 is 1.04 bits per heavy atom. The first kappa shape index (κ1) is 19.1. The largest absolute Gasteiger partial charge is 0.360 e. The van der Waals surface area contributed by atoms with Crippen LogP contribution in [0.25, 0.3) is 0 Å². The van der Waals surface area contributed by atoms with Gasteiger partial charge in [0.05, 0.1) is 10.5 Å². The summed E-state index contributed by atoms with van der Waals surface area (Å²) in [6.45, 7) is 2.74. The molecule has 0 aromatic heterocycles. The number of aryl methyl sites for hydroxylation is 1. The Morgan fingerprint density at radius 2 is 1.74 bits per heavy atom. The number of amides is 1. The van der Waals surface area contributed by atoms with E-state index in [0.29, 0.717) is 24.3 Å². The minimum absolute atomic E-state index is 0.144. The van der Waals surface area contributed by atoms with E-state index < -0.39 is 15.9 Å². The van der Waals surface area contributed by atoms with E-state index in [0.717, 1.165) is 19.3 Å². The SMILES string of the molecule is Cc1ccc(C(=O)N=[N+]=Nc2ccccc2)cc1S(=O)(=O)N1CCCCC1. The van der Waals surface area contributed by atoms with E-state index in [1.807, 2.05) is 6.07 Å². The molecule has 2 aromatic rings. The average Bonchev–Trinajstić information content (AvgIpc) is 2.69. The summed E-state index contributed by atoms with van der Waals surface area (Å²) < 4.78 is 27.3. The van der Waals surface area contributed by atoms with Gasteiger partial charge in [-0.2, -0.15) is 4.31 Å². The van der Waals surface area contributed by atoms with Gasteiger partial charge in [0.1, 0.15) is 0 Å². The van der Waals surface area contributed by atoms with Crippen LogP contribution in [0.2, 0.25) is 0 Å². The summed E-state index contributed by atoms with van der Waals surface area (Å²) in [4.78, 5) is 16.0. The molecule has 1 aliphatic rings. The number of sulfonamides is 1. The van der Waals surface area contributed by atoms with Gasteiger partial charge in [-0.25, -0.2) is 8.42 Å².